The molecular formula is C13H16Cl2N2O4. The number of rotatable bonds is 7. The Balaban J connectivity index is 2.63. The van der Waals surface area contributed by atoms with Crippen LogP contribution >= 0.6 is 23.2 Å². The highest BCUT2D eigenvalue weighted by atomic mass is 35.5. The monoisotopic (exact) mass is 334 g/mol. The van der Waals surface area contributed by atoms with Crippen LogP contribution in [0.2, 0.25) is 10.0 Å². The lowest BCUT2D eigenvalue weighted by Gasteiger charge is -2.16. The normalized spacial score (nSPS) is 11.8. The van der Waals surface area contributed by atoms with E-state index in [0.29, 0.717) is 13.0 Å². The quantitative estimate of drug-likeness (QED) is 0.669. The zero-order chi connectivity index (χ0) is 15.8. The molecule has 0 fully saturated rings. The molecule has 0 spiro atoms. The van der Waals surface area contributed by atoms with E-state index in [1.807, 2.05) is 0 Å². The fraction of sp³-hybridized carbons (Fsp3) is 0.385. The molecule has 3 N–H and O–H groups in total. The zero-order valence-electron chi connectivity index (χ0n) is 11.4. The van der Waals surface area contributed by atoms with Gasteiger partial charge in [-0.25, -0.2) is 9.59 Å². The second-order valence-electron chi connectivity index (χ2n) is 4.22. The van der Waals surface area contributed by atoms with Crippen LogP contribution in [0.25, 0.3) is 0 Å². The first kappa shape index (κ1) is 17.6. The number of para-hydroxylation sites is 1. The number of anilines is 1. The summed E-state index contributed by atoms with van der Waals surface area (Å²) in [5, 5.41) is 14.4. The average molecular weight is 335 g/mol. The number of aliphatic carboxylic acids is 1. The molecule has 116 valence electrons. The van der Waals surface area contributed by atoms with Gasteiger partial charge in [-0.2, -0.15) is 0 Å². The fourth-order valence-corrected chi connectivity index (χ4v) is 2.11. The third kappa shape index (κ3) is 5.79. The first-order valence-corrected chi connectivity index (χ1v) is 6.94. The van der Waals surface area contributed by atoms with Crippen LogP contribution in [0, 0.1) is 0 Å². The first-order chi connectivity index (χ1) is 9.95. The summed E-state index contributed by atoms with van der Waals surface area (Å²) in [6, 6.07) is 3.07. The number of carbonyl (C=O) groups excluding carboxylic acids is 1. The molecule has 0 aliphatic heterocycles. The van der Waals surface area contributed by atoms with Crippen molar-refractivity contribution in [2.45, 2.75) is 18.9 Å². The van der Waals surface area contributed by atoms with Gasteiger partial charge in [0, 0.05) is 13.7 Å². The molecule has 0 aromatic heterocycles. The highest BCUT2D eigenvalue weighted by Crippen LogP contribution is 2.29. The Morgan fingerprint density at radius 2 is 1.95 bits per heavy atom. The van der Waals surface area contributed by atoms with Crippen LogP contribution in [-0.4, -0.2) is 36.9 Å². The Kier molecular flexibility index (Phi) is 7.28. The van der Waals surface area contributed by atoms with E-state index in [9.17, 15) is 9.59 Å². The molecule has 8 heteroatoms. The summed E-state index contributed by atoms with van der Waals surface area (Å²) in [7, 11) is 1.52. The van der Waals surface area contributed by atoms with Crippen molar-refractivity contribution < 1.29 is 19.4 Å². The van der Waals surface area contributed by atoms with Gasteiger partial charge in [-0.05, 0) is 25.0 Å². The van der Waals surface area contributed by atoms with Gasteiger partial charge >= 0.3 is 12.0 Å². The van der Waals surface area contributed by atoms with Gasteiger partial charge in [-0.15, -0.1) is 0 Å². The van der Waals surface area contributed by atoms with Crippen LogP contribution in [0.15, 0.2) is 18.2 Å². The number of benzene rings is 1. The smallest absolute Gasteiger partial charge is 0.326 e. The van der Waals surface area contributed by atoms with E-state index in [4.69, 9.17) is 33.0 Å². The first-order valence-electron chi connectivity index (χ1n) is 6.19. The topological polar surface area (TPSA) is 87.7 Å². The zero-order valence-corrected chi connectivity index (χ0v) is 12.9. The molecule has 0 aliphatic carbocycles. The third-order valence-corrected chi connectivity index (χ3v) is 3.28. The van der Waals surface area contributed by atoms with Crippen LogP contribution in [0.5, 0.6) is 0 Å². The lowest BCUT2D eigenvalue weighted by atomic mass is 10.1. The standard InChI is InChI=1S/C13H16Cl2N2O4/c1-21-7-3-6-10(12(18)19)16-13(20)17-11-8(14)4-2-5-9(11)15/h2,4-5,10H,3,6-7H2,1H3,(H,18,19)(H2,16,17,20). The molecule has 1 rings (SSSR count). The lowest BCUT2D eigenvalue weighted by molar-refractivity contribution is -0.139. The molecule has 1 atom stereocenters. The molecule has 0 heterocycles. The van der Waals surface area contributed by atoms with Gasteiger partial charge in [-0.1, -0.05) is 29.3 Å². The molecule has 2 amide bonds. The number of hydrogen-bond donors (Lipinski definition) is 3. The van der Waals surface area contributed by atoms with Crippen molar-refractivity contribution in [2.75, 3.05) is 19.0 Å². The summed E-state index contributed by atoms with van der Waals surface area (Å²) in [6.07, 6.45) is 0.771. The SMILES string of the molecule is COCCCC(NC(=O)Nc1c(Cl)cccc1Cl)C(=O)O. The second kappa shape index (κ2) is 8.71. The van der Waals surface area contributed by atoms with Crippen molar-refractivity contribution in [3.63, 3.8) is 0 Å². The van der Waals surface area contributed by atoms with Gasteiger partial charge in [0.2, 0.25) is 0 Å². The lowest BCUT2D eigenvalue weighted by Crippen LogP contribution is -2.43. The third-order valence-electron chi connectivity index (χ3n) is 2.65. The van der Waals surface area contributed by atoms with Gasteiger partial charge in [-0.3, -0.25) is 0 Å². The molecular weight excluding hydrogens is 319 g/mol. The van der Waals surface area contributed by atoms with Gasteiger partial charge in [0.05, 0.1) is 15.7 Å². The van der Waals surface area contributed by atoms with E-state index in [1.54, 1.807) is 18.2 Å². The van der Waals surface area contributed by atoms with Gasteiger partial charge in [0.25, 0.3) is 0 Å². The summed E-state index contributed by atoms with van der Waals surface area (Å²) < 4.78 is 4.85. The van der Waals surface area contributed by atoms with Crippen LogP contribution in [0.4, 0.5) is 10.5 Å². The minimum absolute atomic E-state index is 0.236. The molecule has 1 aromatic rings. The van der Waals surface area contributed by atoms with Crippen molar-refractivity contribution in [1.29, 1.82) is 0 Å². The van der Waals surface area contributed by atoms with Crippen LogP contribution in [0.3, 0.4) is 0 Å². The van der Waals surface area contributed by atoms with Crippen molar-refractivity contribution in [3.05, 3.63) is 28.2 Å². The average Bonchev–Trinajstić information content (AvgIpc) is 2.42. The minimum Gasteiger partial charge on any atom is -0.480 e. The molecule has 1 aromatic carbocycles. The number of urea groups is 1. The Hall–Kier alpha value is -1.50. The number of ether oxygens (including phenoxy) is 1. The fourth-order valence-electron chi connectivity index (χ4n) is 1.61. The molecule has 21 heavy (non-hydrogen) atoms. The number of halogens is 2. The van der Waals surface area contributed by atoms with Gasteiger partial charge in [0.15, 0.2) is 0 Å². The highest BCUT2D eigenvalue weighted by Gasteiger charge is 2.20. The molecule has 0 saturated carbocycles. The second-order valence-corrected chi connectivity index (χ2v) is 5.04. The minimum atomic E-state index is -1.12. The van der Waals surface area contributed by atoms with E-state index >= 15 is 0 Å². The molecule has 0 bridgehead atoms. The molecule has 6 nitrogen and oxygen atoms in total. The number of carbonyl (C=O) groups is 2. The summed E-state index contributed by atoms with van der Waals surface area (Å²) in [5.74, 6) is -1.12. The number of amides is 2. The van der Waals surface area contributed by atoms with Crippen LogP contribution in [0.1, 0.15) is 12.8 Å². The Bertz CT molecular complexity index is 491. The Morgan fingerprint density at radius 1 is 1.33 bits per heavy atom. The Morgan fingerprint density at radius 3 is 2.48 bits per heavy atom. The summed E-state index contributed by atoms with van der Waals surface area (Å²) >= 11 is 11.8. The molecule has 0 radical (unpaired) electrons. The number of carboxylic acid groups (broad SMARTS) is 1. The molecule has 1 unspecified atom stereocenters. The number of methoxy groups -OCH3 is 1. The predicted octanol–water partition coefficient (Wildman–Crippen LogP) is 2.99. The highest BCUT2D eigenvalue weighted by molar-refractivity contribution is 6.39. The van der Waals surface area contributed by atoms with Crippen LogP contribution in [-0.2, 0) is 9.53 Å². The van der Waals surface area contributed by atoms with E-state index in [0.717, 1.165) is 0 Å². The maximum absolute atomic E-state index is 11.8. The summed E-state index contributed by atoms with van der Waals surface area (Å²) in [4.78, 5) is 22.9. The molecule has 0 saturated heterocycles. The van der Waals surface area contributed by atoms with E-state index in [1.165, 1.54) is 7.11 Å². The number of hydrogen-bond acceptors (Lipinski definition) is 3. The van der Waals surface area contributed by atoms with E-state index in [2.05, 4.69) is 10.6 Å². The van der Waals surface area contributed by atoms with E-state index < -0.39 is 18.0 Å². The van der Waals surface area contributed by atoms with E-state index in [-0.39, 0.29) is 22.2 Å². The largest absolute Gasteiger partial charge is 0.480 e. The number of carboxylic acids is 1. The number of nitrogens with one attached hydrogen (secondary N) is 2. The van der Waals surface area contributed by atoms with Gasteiger partial charge < -0.3 is 20.5 Å². The summed E-state index contributed by atoms with van der Waals surface area (Å²) in [5.41, 5.74) is 0.236. The van der Waals surface area contributed by atoms with Crippen LogP contribution < -0.4 is 10.6 Å². The van der Waals surface area contributed by atoms with Crippen molar-refractivity contribution in [3.8, 4) is 0 Å². The van der Waals surface area contributed by atoms with Crippen molar-refractivity contribution in [2.24, 2.45) is 0 Å². The maximum atomic E-state index is 11.8. The Labute approximate surface area is 132 Å². The molecule has 0 aliphatic rings. The van der Waals surface area contributed by atoms with Crippen molar-refractivity contribution in [1.82, 2.24) is 5.32 Å². The predicted molar refractivity (Wildman–Crippen MR) is 81.2 cm³/mol. The maximum Gasteiger partial charge on any atom is 0.326 e. The summed E-state index contributed by atoms with van der Waals surface area (Å²) in [6.45, 7) is 0.420. The van der Waals surface area contributed by atoms with Crippen molar-refractivity contribution >= 4 is 40.9 Å². The van der Waals surface area contributed by atoms with Gasteiger partial charge in [0.1, 0.15) is 6.04 Å².